The Bertz CT molecular complexity index is 1880. The normalized spacial score (nSPS) is 23.4. The Morgan fingerprint density at radius 2 is 1.87 bits per heavy atom. The lowest BCUT2D eigenvalue weighted by molar-refractivity contribution is -0.135. The highest BCUT2D eigenvalue weighted by Gasteiger charge is 2.61. The molecule has 0 radical (unpaired) electrons. The molecule has 3 amide bonds. The number of hydrogen-bond donors (Lipinski definition) is 5. The number of nitrogens with zero attached hydrogens (tertiary/aromatic N) is 2. The largest absolute Gasteiger partial charge is 0.469 e. The summed E-state index contributed by atoms with van der Waals surface area (Å²) in [5, 5.41) is 19.7. The molecular formula is C33H34N6O7. The Hall–Kier alpha value is -5.17. The van der Waals surface area contributed by atoms with Gasteiger partial charge >= 0.3 is 0 Å². The van der Waals surface area contributed by atoms with E-state index in [4.69, 9.17) is 24.3 Å². The van der Waals surface area contributed by atoms with Gasteiger partial charge in [-0.05, 0) is 35.1 Å². The SMILES string of the molecule is CC(C)C(O)C(=O)N[C@H]1Cc2ccc3c(c2)C2(c4ccccc4NC2O3)c2oc(nc2-c2nc(C(N)=O)co2)[C@H](C(C)C)NC1=O. The number of ether oxygens (including phenoxy) is 1. The molecule has 0 aliphatic carbocycles. The fourth-order valence-electron chi connectivity index (χ4n) is 6.50. The molecule has 6 N–H and O–H groups in total. The summed E-state index contributed by atoms with van der Waals surface area (Å²) in [5.41, 5.74) is 7.71. The first kappa shape index (κ1) is 29.5. The van der Waals surface area contributed by atoms with Gasteiger partial charge in [-0.15, -0.1) is 0 Å². The minimum atomic E-state index is -1.29. The van der Waals surface area contributed by atoms with Crippen molar-refractivity contribution >= 4 is 23.4 Å². The smallest absolute Gasteiger partial charge is 0.270 e. The maximum absolute atomic E-state index is 13.9. The minimum Gasteiger partial charge on any atom is -0.469 e. The highest BCUT2D eigenvalue weighted by Crippen LogP contribution is 2.59. The molecule has 0 saturated carbocycles. The van der Waals surface area contributed by atoms with Gasteiger partial charge in [0, 0.05) is 17.7 Å². The number of fused-ring (bicyclic) bond motifs is 4. The molecular weight excluding hydrogens is 592 g/mol. The number of benzene rings is 2. The maximum Gasteiger partial charge on any atom is 0.270 e. The third-order valence-electron chi connectivity index (χ3n) is 8.91. The van der Waals surface area contributed by atoms with Crippen molar-refractivity contribution in [1.29, 1.82) is 0 Å². The van der Waals surface area contributed by atoms with Crippen molar-refractivity contribution in [2.24, 2.45) is 17.6 Å². The number of hydrogen-bond acceptors (Lipinski definition) is 10. The zero-order valence-electron chi connectivity index (χ0n) is 25.7. The van der Waals surface area contributed by atoms with Gasteiger partial charge in [0.1, 0.15) is 35.6 Å². The molecule has 4 bridgehead atoms. The van der Waals surface area contributed by atoms with Gasteiger partial charge in [-0.1, -0.05) is 58.0 Å². The van der Waals surface area contributed by atoms with Gasteiger partial charge in [0.05, 0.1) is 0 Å². The number of rotatable bonds is 6. The summed E-state index contributed by atoms with van der Waals surface area (Å²) < 4.78 is 19.0. The Morgan fingerprint density at radius 1 is 1.09 bits per heavy atom. The molecule has 238 valence electrons. The first-order valence-corrected chi connectivity index (χ1v) is 15.2. The van der Waals surface area contributed by atoms with E-state index in [2.05, 4.69) is 20.9 Å². The Morgan fingerprint density at radius 3 is 2.59 bits per heavy atom. The van der Waals surface area contributed by atoms with Gasteiger partial charge < -0.3 is 40.4 Å². The molecule has 1 spiro atoms. The van der Waals surface area contributed by atoms with Gasteiger partial charge in [0.2, 0.25) is 23.6 Å². The number of para-hydroxylation sites is 1. The molecule has 2 aromatic heterocycles. The molecule has 0 fully saturated rings. The van der Waals surface area contributed by atoms with Crippen molar-refractivity contribution in [2.45, 2.75) is 63.9 Å². The molecule has 7 rings (SSSR count). The molecule has 5 heterocycles. The lowest BCUT2D eigenvalue weighted by Crippen LogP contribution is -2.52. The number of primary amides is 1. The van der Waals surface area contributed by atoms with Gasteiger partial charge in [0.15, 0.2) is 23.4 Å². The Labute approximate surface area is 263 Å². The number of nitrogens with two attached hydrogens (primary N) is 1. The summed E-state index contributed by atoms with van der Waals surface area (Å²) in [5.74, 6) is -1.34. The second-order valence-corrected chi connectivity index (χ2v) is 12.6. The minimum absolute atomic E-state index is 0.0115. The number of oxazole rings is 2. The quantitative estimate of drug-likeness (QED) is 0.212. The number of carbonyl (C=O) groups is 3. The number of nitrogens with one attached hydrogen (secondary N) is 3. The van der Waals surface area contributed by atoms with Crippen molar-refractivity contribution in [1.82, 2.24) is 20.6 Å². The zero-order chi connectivity index (χ0) is 32.5. The van der Waals surface area contributed by atoms with Crippen molar-refractivity contribution in [3.8, 4) is 17.3 Å². The summed E-state index contributed by atoms with van der Waals surface area (Å²) in [7, 11) is 0. The molecule has 0 saturated heterocycles. The standard InChI is InChI=1S/C33H34N6O7/c1-14(2)23-31-39-24(30-36-21(13-44-30)27(34)41)26(46-31)33-17-7-5-6-8-19(17)37-32(33)45-22-10-9-16(11-18(22)33)12-20(28(42)38-23)35-29(43)25(40)15(3)4/h5-11,13-15,20,23,25,32,37,40H,12H2,1-4H3,(H2,34,41)(H,35,43)(H,38,42)/t20-,23-,25?,32?,33?/m0/s1. The van der Waals surface area contributed by atoms with Crippen LogP contribution in [0.4, 0.5) is 5.69 Å². The number of anilines is 1. The molecule has 13 nitrogen and oxygen atoms in total. The summed E-state index contributed by atoms with van der Waals surface area (Å²) >= 11 is 0. The predicted octanol–water partition coefficient (Wildman–Crippen LogP) is 2.78. The molecule has 3 unspecified atom stereocenters. The van der Waals surface area contributed by atoms with E-state index in [0.29, 0.717) is 11.5 Å². The number of amides is 3. The van der Waals surface area contributed by atoms with Gasteiger partial charge in [-0.25, -0.2) is 9.97 Å². The van der Waals surface area contributed by atoms with Crippen LogP contribution in [-0.2, 0) is 21.4 Å². The van der Waals surface area contributed by atoms with E-state index >= 15 is 0 Å². The van der Waals surface area contributed by atoms with Crippen LogP contribution in [0.25, 0.3) is 11.6 Å². The van der Waals surface area contributed by atoms with E-state index in [1.165, 1.54) is 0 Å². The lowest BCUT2D eigenvalue weighted by atomic mass is 9.72. The van der Waals surface area contributed by atoms with Crippen LogP contribution in [0.1, 0.15) is 72.6 Å². The van der Waals surface area contributed by atoms with E-state index in [0.717, 1.165) is 28.6 Å². The van der Waals surface area contributed by atoms with Gasteiger partial charge in [-0.2, -0.15) is 0 Å². The third-order valence-corrected chi connectivity index (χ3v) is 8.91. The summed E-state index contributed by atoms with van der Waals surface area (Å²) in [6.45, 7) is 7.25. The molecule has 13 heteroatoms. The summed E-state index contributed by atoms with van der Waals surface area (Å²) in [4.78, 5) is 48.1. The van der Waals surface area contributed by atoms with E-state index < -0.39 is 47.6 Å². The average molecular weight is 627 g/mol. The molecule has 2 aromatic carbocycles. The number of carbonyl (C=O) groups excluding carboxylic acids is 3. The van der Waals surface area contributed by atoms with E-state index in [9.17, 15) is 19.5 Å². The molecule has 3 aliphatic heterocycles. The van der Waals surface area contributed by atoms with Crippen LogP contribution in [0.3, 0.4) is 0 Å². The molecule has 46 heavy (non-hydrogen) atoms. The fourth-order valence-corrected chi connectivity index (χ4v) is 6.50. The Kier molecular flexibility index (Phi) is 6.89. The topological polar surface area (TPSA) is 195 Å². The number of aliphatic hydroxyl groups is 1. The monoisotopic (exact) mass is 626 g/mol. The zero-order valence-corrected chi connectivity index (χ0v) is 25.7. The van der Waals surface area contributed by atoms with Crippen LogP contribution < -0.4 is 26.4 Å². The van der Waals surface area contributed by atoms with E-state index in [1.807, 2.05) is 56.3 Å². The van der Waals surface area contributed by atoms with Crippen molar-refractivity contribution < 1.29 is 33.1 Å². The van der Waals surface area contributed by atoms with Crippen LogP contribution in [0, 0.1) is 11.8 Å². The van der Waals surface area contributed by atoms with Crippen molar-refractivity contribution in [3.63, 3.8) is 0 Å². The highest BCUT2D eigenvalue weighted by atomic mass is 16.5. The third kappa shape index (κ3) is 4.44. The number of aromatic nitrogens is 2. The molecule has 3 aliphatic rings. The number of aliphatic hydroxyl groups excluding tert-OH is 1. The summed E-state index contributed by atoms with van der Waals surface area (Å²) in [6.07, 6.45) is -0.654. The second-order valence-electron chi connectivity index (χ2n) is 12.6. The fraction of sp³-hybridized carbons (Fsp3) is 0.364. The first-order valence-electron chi connectivity index (χ1n) is 15.2. The van der Waals surface area contributed by atoms with E-state index in [-0.39, 0.29) is 41.4 Å². The van der Waals surface area contributed by atoms with Crippen LogP contribution >= 0.6 is 0 Å². The second kappa shape index (κ2) is 10.7. The predicted molar refractivity (Wildman–Crippen MR) is 164 cm³/mol. The van der Waals surface area contributed by atoms with Crippen molar-refractivity contribution in [2.75, 3.05) is 5.32 Å². The molecule has 5 atom stereocenters. The van der Waals surface area contributed by atoms with E-state index in [1.54, 1.807) is 13.8 Å². The Balaban J connectivity index is 1.48. The van der Waals surface area contributed by atoms with Gasteiger partial charge in [0.25, 0.3) is 5.91 Å². The average Bonchev–Trinajstić information content (AvgIpc) is 3.79. The van der Waals surface area contributed by atoms with Crippen LogP contribution in [-0.4, -0.2) is 51.2 Å². The van der Waals surface area contributed by atoms with Crippen LogP contribution in [0.15, 0.2) is 57.6 Å². The lowest BCUT2D eigenvalue weighted by Gasteiger charge is -2.29. The van der Waals surface area contributed by atoms with Crippen LogP contribution in [0.5, 0.6) is 5.75 Å². The molecule has 4 aromatic rings. The maximum atomic E-state index is 13.9. The van der Waals surface area contributed by atoms with Crippen LogP contribution in [0.2, 0.25) is 0 Å². The van der Waals surface area contributed by atoms with Gasteiger partial charge in [-0.3, -0.25) is 14.4 Å². The first-order chi connectivity index (χ1) is 22.0. The summed E-state index contributed by atoms with van der Waals surface area (Å²) in [6, 6.07) is 11.6. The van der Waals surface area contributed by atoms with Crippen molar-refractivity contribution in [3.05, 3.63) is 82.8 Å². The highest BCUT2D eigenvalue weighted by molar-refractivity contribution is 5.91.